The van der Waals surface area contributed by atoms with Gasteiger partial charge in [-0.1, -0.05) is 0 Å². The largest absolute Gasteiger partial charge is 0.353 e. The molecule has 1 rings (SSSR count). The minimum atomic E-state index is -2.93. The molecule has 0 aliphatic rings. The lowest BCUT2D eigenvalue weighted by Crippen LogP contribution is -2.15. The van der Waals surface area contributed by atoms with E-state index in [9.17, 15) is 8.42 Å². The fourth-order valence-electron chi connectivity index (χ4n) is 1.15. The van der Waals surface area contributed by atoms with Crippen LogP contribution < -0.4 is 5.32 Å². The Morgan fingerprint density at radius 1 is 1.27 bits per heavy atom. The number of anilines is 1. The first-order chi connectivity index (χ1) is 6.87. The summed E-state index contributed by atoms with van der Waals surface area (Å²) >= 11 is 0. The minimum Gasteiger partial charge on any atom is -0.353 e. The Hall–Kier alpha value is -1.17. The van der Waals surface area contributed by atoms with Gasteiger partial charge in [-0.15, -0.1) is 0 Å². The van der Waals surface area contributed by atoms with Crippen LogP contribution in [0, 0.1) is 13.8 Å². The zero-order valence-electron chi connectivity index (χ0n) is 9.11. The summed E-state index contributed by atoms with van der Waals surface area (Å²) in [5.41, 5.74) is 1.73. The van der Waals surface area contributed by atoms with Crippen LogP contribution in [-0.4, -0.2) is 36.9 Å². The third-order valence-electron chi connectivity index (χ3n) is 1.74. The summed E-state index contributed by atoms with van der Waals surface area (Å²) in [6.45, 7) is 4.08. The van der Waals surface area contributed by atoms with Crippen molar-refractivity contribution in [3.8, 4) is 0 Å². The van der Waals surface area contributed by atoms with Crippen molar-refractivity contribution in [2.24, 2.45) is 0 Å². The normalized spacial score (nSPS) is 11.4. The van der Waals surface area contributed by atoms with E-state index >= 15 is 0 Å². The Labute approximate surface area is 89.9 Å². The summed E-state index contributed by atoms with van der Waals surface area (Å²) in [5, 5.41) is 2.88. The maximum Gasteiger partial charge on any atom is 0.223 e. The third-order valence-corrected chi connectivity index (χ3v) is 2.68. The first kappa shape index (κ1) is 11.9. The van der Waals surface area contributed by atoms with Gasteiger partial charge in [-0.25, -0.2) is 18.4 Å². The fraction of sp³-hybridized carbons (Fsp3) is 0.556. The monoisotopic (exact) mass is 229 g/mol. The van der Waals surface area contributed by atoms with Gasteiger partial charge in [0, 0.05) is 24.2 Å². The number of rotatable bonds is 4. The predicted octanol–water partition coefficient (Wildman–Crippen LogP) is 0.550. The molecule has 1 aromatic heterocycles. The SMILES string of the molecule is Cc1cc(C)nc(NCCS(C)(=O)=O)n1. The highest BCUT2D eigenvalue weighted by Gasteiger charge is 2.03. The number of nitrogens with zero attached hydrogens (tertiary/aromatic N) is 2. The van der Waals surface area contributed by atoms with Crippen LogP contribution in [0.2, 0.25) is 0 Å². The number of aromatic nitrogens is 2. The molecule has 0 aromatic carbocycles. The molecule has 0 atom stereocenters. The Balaban J connectivity index is 2.58. The van der Waals surface area contributed by atoms with Crippen LogP contribution in [-0.2, 0) is 9.84 Å². The van der Waals surface area contributed by atoms with Crippen LogP contribution in [0.4, 0.5) is 5.95 Å². The number of hydrogen-bond donors (Lipinski definition) is 1. The molecule has 1 heterocycles. The molecular formula is C9H15N3O2S. The van der Waals surface area contributed by atoms with E-state index in [2.05, 4.69) is 15.3 Å². The lowest BCUT2D eigenvalue weighted by atomic mass is 10.4. The molecule has 6 heteroatoms. The number of hydrogen-bond acceptors (Lipinski definition) is 5. The van der Waals surface area contributed by atoms with Gasteiger partial charge in [0.05, 0.1) is 5.75 Å². The number of aryl methyl sites for hydroxylation is 2. The first-order valence-electron chi connectivity index (χ1n) is 4.61. The Kier molecular flexibility index (Phi) is 3.62. The molecule has 0 saturated heterocycles. The van der Waals surface area contributed by atoms with E-state index < -0.39 is 9.84 Å². The maximum atomic E-state index is 10.9. The standard InChI is InChI=1S/C9H15N3O2S/c1-7-6-8(2)12-9(11-7)10-4-5-15(3,13)14/h6H,4-5H2,1-3H3,(H,10,11,12). The highest BCUT2D eigenvalue weighted by molar-refractivity contribution is 7.90. The summed E-state index contributed by atoms with van der Waals surface area (Å²) in [7, 11) is -2.93. The molecule has 0 bridgehead atoms. The van der Waals surface area contributed by atoms with Gasteiger partial charge in [-0.3, -0.25) is 0 Å². The quantitative estimate of drug-likeness (QED) is 0.816. The summed E-state index contributed by atoms with van der Waals surface area (Å²) in [6.07, 6.45) is 1.21. The van der Waals surface area contributed by atoms with Gasteiger partial charge in [0.25, 0.3) is 0 Å². The van der Waals surface area contributed by atoms with Gasteiger partial charge in [0.15, 0.2) is 0 Å². The van der Waals surface area contributed by atoms with Gasteiger partial charge in [0.1, 0.15) is 9.84 Å². The van der Waals surface area contributed by atoms with Crippen molar-refractivity contribution in [3.05, 3.63) is 17.5 Å². The molecule has 0 unspecified atom stereocenters. The molecule has 5 nitrogen and oxygen atoms in total. The molecule has 0 amide bonds. The van der Waals surface area contributed by atoms with Crippen LogP contribution in [0.15, 0.2) is 6.07 Å². The molecule has 0 aliphatic heterocycles. The topological polar surface area (TPSA) is 72.0 Å². The van der Waals surface area contributed by atoms with Crippen molar-refractivity contribution in [3.63, 3.8) is 0 Å². The van der Waals surface area contributed by atoms with Gasteiger partial charge in [-0.2, -0.15) is 0 Å². The molecule has 84 valence electrons. The van der Waals surface area contributed by atoms with Crippen LogP contribution in [0.25, 0.3) is 0 Å². The first-order valence-corrected chi connectivity index (χ1v) is 6.67. The highest BCUT2D eigenvalue weighted by atomic mass is 32.2. The van der Waals surface area contributed by atoms with Crippen molar-refractivity contribution in [2.45, 2.75) is 13.8 Å². The summed E-state index contributed by atoms with van der Waals surface area (Å²) in [6, 6.07) is 1.86. The van der Waals surface area contributed by atoms with E-state index in [-0.39, 0.29) is 5.75 Å². The van der Waals surface area contributed by atoms with Gasteiger partial charge >= 0.3 is 0 Å². The van der Waals surface area contributed by atoms with E-state index in [4.69, 9.17) is 0 Å². The van der Waals surface area contributed by atoms with Crippen molar-refractivity contribution in [2.75, 3.05) is 23.9 Å². The van der Waals surface area contributed by atoms with Crippen molar-refractivity contribution in [1.82, 2.24) is 9.97 Å². The minimum absolute atomic E-state index is 0.0867. The van der Waals surface area contributed by atoms with Crippen LogP contribution >= 0.6 is 0 Å². The van der Waals surface area contributed by atoms with Crippen molar-refractivity contribution >= 4 is 15.8 Å². The maximum absolute atomic E-state index is 10.9. The lowest BCUT2D eigenvalue weighted by molar-refractivity contribution is 0.602. The van der Waals surface area contributed by atoms with E-state index in [1.165, 1.54) is 6.26 Å². The molecule has 1 N–H and O–H groups in total. The van der Waals surface area contributed by atoms with Crippen molar-refractivity contribution in [1.29, 1.82) is 0 Å². The van der Waals surface area contributed by atoms with Gasteiger partial charge < -0.3 is 5.32 Å². The average molecular weight is 229 g/mol. The van der Waals surface area contributed by atoms with E-state index in [1.807, 2.05) is 19.9 Å². The zero-order chi connectivity index (χ0) is 11.5. The average Bonchev–Trinajstić information content (AvgIpc) is 1.99. The second-order valence-corrected chi connectivity index (χ2v) is 5.79. The summed E-state index contributed by atoms with van der Waals surface area (Å²) in [5.74, 6) is 0.569. The van der Waals surface area contributed by atoms with Crippen LogP contribution in [0.5, 0.6) is 0 Å². The van der Waals surface area contributed by atoms with Gasteiger partial charge in [0.2, 0.25) is 5.95 Å². The van der Waals surface area contributed by atoms with Crippen LogP contribution in [0.1, 0.15) is 11.4 Å². The smallest absolute Gasteiger partial charge is 0.223 e. The molecule has 0 spiro atoms. The predicted molar refractivity (Wildman–Crippen MR) is 59.7 cm³/mol. The number of sulfone groups is 1. The highest BCUT2D eigenvalue weighted by Crippen LogP contribution is 2.03. The molecule has 0 radical (unpaired) electrons. The molecule has 0 aliphatic carbocycles. The van der Waals surface area contributed by atoms with Crippen molar-refractivity contribution < 1.29 is 8.42 Å². The Morgan fingerprint density at radius 2 is 1.80 bits per heavy atom. The molecule has 0 fully saturated rings. The molecule has 0 saturated carbocycles. The third kappa shape index (κ3) is 4.73. The molecule has 15 heavy (non-hydrogen) atoms. The molecular weight excluding hydrogens is 214 g/mol. The van der Waals surface area contributed by atoms with E-state index in [1.54, 1.807) is 0 Å². The molecule has 1 aromatic rings. The second-order valence-electron chi connectivity index (χ2n) is 3.53. The summed E-state index contributed by atoms with van der Waals surface area (Å²) in [4.78, 5) is 8.27. The Bertz CT molecular complexity index is 422. The van der Waals surface area contributed by atoms with E-state index in [0.717, 1.165) is 11.4 Å². The van der Waals surface area contributed by atoms with Gasteiger partial charge in [-0.05, 0) is 19.9 Å². The number of nitrogens with one attached hydrogen (secondary N) is 1. The van der Waals surface area contributed by atoms with E-state index in [0.29, 0.717) is 12.5 Å². The zero-order valence-corrected chi connectivity index (χ0v) is 9.93. The Morgan fingerprint density at radius 3 is 2.27 bits per heavy atom. The lowest BCUT2D eigenvalue weighted by Gasteiger charge is -2.05. The second kappa shape index (κ2) is 4.57. The summed E-state index contributed by atoms with van der Waals surface area (Å²) < 4.78 is 21.7. The fourth-order valence-corrected chi connectivity index (χ4v) is 1.63. The van der Waals surface area contributed by atoms with Crippen LogP contribution in [0.3, 0.4) is 0 Å².